The standard InChI is InChI=1S/C23H22N2O2S/c1-24-21(26)16-17-12-14-19(15-13-17)25-23(27)22(18-8-4-2-5-9-18)28-20-10-6-3-7-11-20/h2-15,22H,16H2,1H3,(H,24,26)(H,25,27). The average Bonchev–Trinajstić information content (AvgIpc) is 2.74. The summed E-state index contributed by atoms with van der Waals surface area (Å²) >= 11 is 1.52. The molecule has 142 valence electrons. The summed E-state index contributed by atoms with van der Waals surface area (Å²) in [6.45, 7) is 0. The number of amides is 2. The SMILES string of the molecule is CNC(=O)Cc1ccc(NC(=O)C(Sc2ccccc2)c2ccccc2)cc1. The van der Waals surface area contributed by atoms with Crippen molar-refractivity contribution in [1.82, 2.24) is 5.32 Å². The Kier molecular flexibility index (Phi) is 6.87. The molecule has 0 radical (unpaired) electrons. The van der Waals surface area contributed by atoms with Crippen molar-refractivity contribution in [3.05, 3.63) is 96.1 Å². The molecule has 2 amide bonds. The number of likely N-dealkylation sites (N-methyl/N-ethyl adjacent to an activating group) is 1. The van der Waals surface area contributed by atoms with Crippen molar-refractivity contribution in [3.8, 4) is 0 Å². The molecule has 3 rings (SSSR count). The van der Waals surface area contributed by atoms with E-state index in [0.29, 0.717) is 12.1 Å². The zero-order valence-electron chi connectivity index (χ0n) is 15.6. The van der Waals surface area contributed by atoms with Crippen LogP contribution in [0, 0.1) is 0 Å². The van der Waals surface area contributed by atoms with Crippen LogP contribution in [0.25, 0.3) is 0 Å². The minimum absolute atomic E-state index is 0.0415. The van der Waals surface area contributed by atoms with Gasteiger partial charge in [0, 0.05) is 17.6 Å². The van der Waals surface area contributed by atoms with Gasteiger partial charge >= 0.3 is 0 Å². The van der Waals surface area contributed by atoms with E-state index >= 15 is 0 Å². The number of rotatable bonds is 7. The normalized spacial score (nSPS) is 11.5. The quantitative estimate of drug-likeness (QED) is 0.586. The zero-order chi connectivity index (χ0) is 19.8. The summed E-state index contributed by atoms with van der Waals surface area (Å²) in [6.07, 6.45) is 0.321. The summed E-state index contributed by atoms with van der Waals surface area (Å²) in [5.41, 5.74) is 2.56. The molecule has 0 heterocycles. The maximum atomic E-state index is 13.0. The van der Waals surface area contributed by atoms with E-state index in [1.165, 1.54) is 11.8 Å². The van der Waals surface area contributed by atoms with Crippen LogP contribution in [0.4, 0.5) is 5.69 Å². The van der Waals surface area contributed by atoms with Crippen molar-refractivity contribution < 1.29 is 9.59 Å². The van der Waals surface area contributed by atoms with Crippen molar-refractivity contribution in [2.75, 3.05) is 12.4 Å². The van der Waals surface area contributed by atoms with Crippen LogP contribution in [-0.4, -0.2) is 18.9 Å². The second-order valence-corrected chi connectivity index (χ2v) is 7.44. The molecule has 0 aliphatic carbocycles. The first-order chi connectivity index (χ1) is 13.7. The topological polar surface area (TPSA) is 58.2 Å². The van der Waals surface area contributed by atoms with E-state index in [1.807, 2.05) is 84.9 Å². The second kappa shape index (κ2) is 9.76. The van der Waals surface area contributed by atoms with E-state index in [-0.39, 0.29) is 17.1 Å². The Labute approximate surface area is 169 Å². The highest BCUT2D eigenvalue weighted by Crippen LogP contribution is 2.36. The van der Waals surface area contributed by atoms with Gasteiger partial charge in [-0.2, -0.15) is 0 Å². The number of hydrogen-bond donors (Lipinski definition) is 2. The molecule has 28 heavy (non-hydrogen) atoms. The fraction of sp³-hybridized carbons (Fsp3) is 0.130. The average molecular weight is 391 g/mol. The van der Waals surface area contributed by atoms with E-state index in [9.17, 15) is 9.59 Å². The van der Waals surface area contributed by atoms with Gasteiger partial charge in [-0.1, -0.05) is 60.7 Å². The van der Waals surface area contributed by atoms with Crippen LogP contribution < -0.4 is 10.6 Å². The lowest BCUT2D eigenvalue weighted by atomic mass is 10.1. The molecule has 3 aromatic carbocycles. The van der Waals surface area contributed by atoms with Gasteiger partial charge < -0.3 is 10.6 Å². The van der Waals surface area contributed by atoms with Crippen molar-refractivity contribution in [2.24, 2.45) is 0 Å². The fourth-order valence-electron chi connectivity index (χ4n) is 2.72. The maximum absolute atomic E-state index is 13.0. The first-order valence-electron chi connectivity index (χ1n) is 9.03. The highest BCUT2D eigenvalue weighted by atomic mass is 32.2. The predicted octanol–water partition coefficient (Wildman–Crippen LogP) is 4.45. The van der Waals surface area contributed by atoms with E-state index in [1.54, 1.807) is 7.05 Å². The van der Waals surface area contributed by atoms with Gasteiger partial charge in [-0.3, -0.25) is 9.59 Å². The lowest BCUT2D eigenvalue weighted by Crippen LogP contribution is -2.20. The molecule has 0 saturated carbocycles. The van der Waals surface area contributed by atoms with Crippen molar-refractivity contribution in [3.63, 3.8) is 0 Å². The molecule has 0 aromatic heterocycles. The molecule has 0 fully saturated rings. The number of hydrogen-bond acceptors (Lipinski definition) is 3. The third-order valence-electron chi connectivity index (χ3n) is 4.20. The number of benzene rings is 3. The van der Waals surface area contributed by atoms with E-state index in [0.717, 1.165) is 16.0 Å². The van der Waals surface area contributed by atoms with Gasteiger partial charge in [-0.25, -0.2) is 0 Å². The Bertz CT molecular complexity index is 912. The van der Waals surface area contributed by atoms with Gasteiger partial charge in [0.15, 0.2) is 0 Å². The Morgan fingerprint density at radius 2 is 1.46 bits per heavy atom. The molecule has 0 aliphatic rings. The van der Waals surface area contributed by atoms with Crippen molar-refractivity contribution in [2.45, 2.75) is 16.6 Å². The maximum Gasteiger partial charge on any atom is 0.242 e. The second-order valence-electron chi connectivity index (χ2n) is 6.26. The van der Waals surface area contributed by atoms with Crippen molar-refractivity contribution in [1.29, 1.82) is 0 Å². The third-order valence-corrected chi connectivity index (χ3v) is 5.47. The van der Waals surface area contributed by atoms with E-state index < -0.39 is 0 Å². The summed E-state index contributed by atoms with van der Waals surface area (Å²) < 4.78 is 0. The van der Waals surface area contributed by atoms with Gasteiger partial charge in [0.1, 0.15) is 5.25 Å². The van der Waals surface area contributed by atoms with Crippen LogP contribution in [0.5, 0.6) is 0 Å². The van der Waals surface area contributed by atoms with Gasteiger partial charge in [-0.15, -0.1) is 11.8 Å². The first-order valence-corrected chi connectivity index (χ1v) is 9.90. The zero-order valence-corrected chi connectivity index (χ0v) is 16.4. The minimum atomic E-state index is -0.367. The molecular formula is C23H22N2O2S. The van der Waals surface area contributed by atoms with Gasteiger partial charge in [0.05, 0.1) is 6.42 Å². The molecule has 5 heteroatoms. The van der Waals surface area contributed by atoms with E-state index in [2.05, 4.69) is 10.6 Å². The molecule has 4 nitrogen and oxygen atoms in total. The number of thioether (sulfide) groups is 1. The molecule has 2 N–H and O–H groups in total. The highest BCUT2D eigenvalue weighted by Gasteiger charge is 2.22. The number of carbonyl (C=O) groups is 2. The lowest BCUT2D eigenvalue weighted by molar-refractivity contribution is -0.120. The molecule has 0 spiro atoms. The van der Waals surface area contributed by atoms with Crippen LogP contribution in [0.15, 0.2) is 89.8 Å². The molecule has 0 saturated heterocycles. The highest BCUT2D eigenvalue weighted by molar-refractivity contribution is 8.00. The van der Waals surface area contributed by atoms with Gasteiger partial charge in [-0.05, 0) is 35.4 Å². The Morgan fingerprint density at radius 1 is 0.857 bits per heavy atom. The van der Waals surface area contributed by atoms with Crippen LogP contribution in [0.1, 0.15) is 16.4 Å². The van der Waals surface area contributed by atoms with Crippen LogP contribution in [-0.2, 0) is 16.0 Å². The molecule has 0 aliphatic heterocycles. The fourth-order valence-corrected chi connectivity index (χ4v) is 3.77. The molecule has 0 bridgehead atoms. The smallest absolute Gasteiger partial charge is 0.242 e. The predicted molar refractivity (Wildman–Crippen MR) is 114 cm³/mol. The molecule has 1 unspecified atom stereocenters. The summed E-state index contributed by atoms with van der Waals surface area (Å²) in [4.78, 5) is 25.5. The minimum Gasteiger partial charge on any atom is -0.359 e. The summed E-state index contributed by atoms with van der Waals surface area (Å²) in [5.74, 6) is -0.126. The number of carbonyl (C=O) groups excluding carboxylic acids is 2. The van der Waals surface area contributed by atoms with Crippen LogP contribution >= 0.6 is 11.8 Å². The number of nitrogens with one attached hydrogen (secondary N) is 2. The summed E-state index contributed by atoms with van der Waals surface area (Å²) in [6, 6.07) is 27.0. The summed E-state index contributed by atoms with van der Waals surface area (Å²) in [7, 11) is 1.62. The lowest BCUT2D eigenvalue weighted by Gasteiger charge is -2.17. The third kappa shape index (κ3) is 5.47. The largest absolute Gasteiger partial charge is 0.359 e. The molecule has 1 atom stereocenters. The Balaban J connectivity index is 1.75. The van der Waals surface area contributed by atoms with Crippen LogP contribution in [0.2, 0.25) is 0 Å². The van der Waals surface area contributed by atoms with Gasteiger partial charge in [0.2, 0.25) is 11.8 Å². The van der Waals surface area contributed by atoms with Gasteiger partial charge in [0.25, 0.3) is 0 Å². The Morgan fingerprint density at radius 3 is 2.07 bits per heavy atom. The Hall–Kier alpha value is -3.05. The van der Waals surface area contributed by atoms with E-state index in [4.69, 9.17) is 0 Å². The molecule has 3 aromatic rings. The number of anilines is 1. The van der Waals surface area contributed by atoms with Crippen molar-refractivity contribution >= 4 is 29.3 Å². The summed E-state index contributed by atoms with van der Waals surface area (Å²) in [5, 5.41) is 5.23. The molecular weight excluding hydrogens is 368 g/mol. The monoisotopic (exact) mass is 390 g/mol. The first kappa shape index (κ1) is 19.7. The van der Waals surface area contributed by atoms with Crippen LogP contribution in [0.3, 0.4) is 0 Å².